The number of allylic oxidation sites excluding steroid dienone is 2. The molecule has 2 aromatic carbocycles. The Kier molecular flexibility index (Phi) is 6.83. The van der Waals surface area contributed by atoms with Gasteiger partial charge >= 0.3 is 5.97 Å². The number of esters is 1. The van der Waals surface area contributed by atoms with Gasteiger partial charge in [0.05, 0.1) is 33.4 Å². The van der Waals surface area contributed by atoms with Crippen molar-refractivity contribution in [2.45, 2.75) is 19.9 Å². The van der Waals surface area contributed by atoms with E-state index < -0.39 is 22.8 Å². The van der Waals surface area contributed by atoms with Crippen molar-refractivity contribution in [3.8, 4) is 0 Å². The van der Waals surface area contributed by atoms with Crippen molar-refractivity contribution in [3.05, 3.63) is 113 Å². The van der Waals surface area contributed by atoms with E-state index in [0.717, 1.165) is 16.9 Å². The lowest BCUT2D eigenvalue weighted by atomic mass is 9.96. The number of nitrogens with zero attached hydrogens (tertiary/aromatic N) is 3. The van der Waals surface area contributed by atoms with Gasteiger partial charge in [-0.2, -0.15) is 0 Å². The zero-order chi connectivity index (χ0) is 25.1. The zero-order valence-electron chi connectivity index (χ0n) is 18.8. The first-order valence-corrected chi connectivity index (χ1v) is 11.5. The van der Waals surface area contributed by atoms with Crippen LogP contribution in [0.4, 0.5) is 10.1 Å². The molecule has 3 aromatic rings. The number of nitro benzene ring substituents is 1. The van der Waals surface area contributed by atoms with Gasteiger partial charge in [-0.25, -0.2) is 14.2 Å². The third-order valence-electron chi connectivity index (χ3n) is 5.34. The molecule has 0 N–H and O–H groups in total. The van der Waals surface area contributed by atoms with Gasteiger partial charge in [0.25, 0.3) is 11.2 Å². The molecule has 0 spiro atoms. The predicted octanol–water partition coefficient (Wildman–Crippen LogP) is 3.51. The Balaban J connectivity index is 1.79. The van der Waals surface area contributed by atoms with Crippen LogP contribution in [-0.2, 0) is 9.53 Å². The molecule has 0 amide bonds. The number of hydrogen-bond acceptors (Lipinski definition) is 7. The second kappa shape index (κ2) is 9.98. The molecule has 0 fully saturated rings. The summed E-state index contributed by atoms with van der Waals surface area (Å²) in [6, 6.07) is 10.8. The number of nitro groups is 1. The van der Waals surface area contributed by atoms with Gasteiger partial charge < -0.3 is 4.74 Å². The van der Waals surface area contributed by atoms with E-state index in [4.69, 9.17) is 4.74 Å². The summed E-state index contributed by atoms with van der Waals surface area (Å²) < 4.78 is 20.6. The van der Waals surface area contributed by atoms with Crippen LogP contribution < -0.4 is 14.9 Å². The Labute approximate surface area is 202 Å². The molecule has 4 rings (SSSR count). The van der Waals surface area contributed by atoms with E-state index in [-0.39, 0.29) is 23.4 Å². The number of carbonyl (C=O) groups is 1. The summed E-state index contributed by atoms with van der Waals surface area (Å²) in [4.78, 5) is 41.4. The van der Waals surface area contributed by atoms with Gasteiger partial charge in [0.1, 0.15) is 5.82 Å². The van der Waals surface area contributed by atoms with Gasteiger partial charge in [-0.1, -0.05) is 35.6 Å². The van der Waals surface area contributed by atoms with Gasteiger partial charge in [0.2, 0.25) is 0 Å². The van der Waals surface area contributed by atoms with Crippen molar-refractivity contribution in [1.29, 1.82) is 0 Å². The highest BCUT2D eigenvalue weighted by molar-refractivity contribution is 7.07. The third-order valence-corrected chi connectivity index (χ3v) is 6.34. The molecular formula is C25H20FN3O5S. The lowest BCUT2D eigenvalue weighted by Crippen LogP contribution is -2.39. The monoisotopic (exact) mass is 493 g/mol. The highest BCUT2D eigenvalue weighted by Gasteiger charge is 2.33. The van der Waals surface area contributed by atoms with Crippen LogP contribution in [0.2, 0.25) is 0 Å². The number of carbonyl (C=O) groups excluding carboxylic acids is 1. The molecule has 0 radical (unpaired) electrons. The van der Waals surface area contributed by atoms with Crippen molar-refractivity contribution < 1.29 is 18.8 Å². The number of aromatic nitrogens is 1. The maximum absolute atomic E-state index is 13.6. The highest BCUT2D eigenvalue weighted by atomic mass is 32.1. The van der Waals surface area contributed by atoms with Crippen molar-refractivity contribution in [2.75, 3.05) is 6.61 Å². The lowest BCUT2D eigenvalue weighted by molar-refractivity contribution is -0.384. The quantitative estimate of drug-likeness (QED) is 0.297. The third kappa shape index (κ3) is 4.87. The number of halogens is 1. The number of rotatable bonds is 6. The molecule has 10 heteroatoms. The summed E-state index contributed by atoms with van der Waals surface area (Å²) in [5.74, 6) is -1.02. The van der Waals surface area contributed by atoms with E-state index in [1.807, 2.05) is 0 Å². The first-order chi connectivity index (χ1) is 16.8. The molecule has 178 valence electrons. The molecule has 35 heavy (non-hydrogen) atoms. The molecule has 1 atom stereocenters. The number of non-ortho nitro benzene ring substituents is 1. The van der Waals surface area contributed by atoms with Crippen molar-refractivity contribution >= 4 is 35.1 Å². The van der Waals surface area contributed by atoms with E-state index in [1.54, 1.807) is 44.2 Å². The van der Waals surface area contributed by atoms with Crippen LogP contribution in [0.25, 0.3) is 12.2 Å². The molecular weight excluding hydrogens is 473 g/mol. The number of ether oxygens (including phenoxy) is 1. The first kappa shape index (κ1) is 24.0. The smallest absolute Gasteiger partial charge is 0.338 e. The maximum atomic E-state index is 13.6. The summed E-state index contributed by atoms with van der Waals surface area (Å²) in [7, 11) is 0. The number of thiazole rings is 1. The van der Waals surface area contributed by atoms with E-state index in [1.165, 1.54) is 41.0 Å². The normalized spacial score (nSPS) is 15.7. The number of fused-ring (bicyclic) bond motifs is 1. The minimum Gasteiger partial charge on any atom is -0.463 e. The molecule has 0 aliphatic carbocycles. The van der Waals surface area contributed by atoms with Crippen molar-refractivity contribution in [1.82, 2.24) is 4.57 Å². The summed E-state index contributed by atoms with van der Waals surface area (Å²) in [6.45, 7) is 3.52. The van der Waals surface area contributed by atoms with Gasteiger partial charge in [-0.15, -0.1) is 0 Å². The highest BCUT2D eigenvalue weighted by Crippen LogP contribution is 2.30. The maximum Gasteiger partial charge on any atom is 0.338 e. The molecule has 1 unspecified atom stereocenters. The van der Waals surface area contributed by atoms with E-state index in [0.29, 0.717) is 20.6 Å². The molecule has 8 nitrogen and oxygen atoms in total. The minimum atomic E-state index is -0.813. The lowest BCUT2D eigenvalue weighted by Gasteiger charge is -2.24. The fraction of sp³-hybridized carbons (Fsp3) is 0.160. The standard InChI is InChI=1S/C25H20FN3O5S/c1-3-34-24(31)21-15(2)27-25-28(22(21)17-9-11-18(26)12-10-17)23(30)20(35-25)6-4-5-16-7-13-19(14-8-16)29(32)33/h4-14,22H,3H2,1-2H3/b5-4+,20-6+. The fourth-order valence-electron chi connectivity index (χ4n) is 3.72. The largest absolute Gasteiger partial charge is 0.463 e. The average molecular weight is 494 g/mol. The van der Waals surface area contributed by atoms with Gasteiger partial charge in [0.15, 0.2) is 4.80 Å². The van der Waals surface area contributed by atoms with Crippen LogP contribution in [0.15, 0.2) is 75.7 Å². The minimum absolute atomic E-state index is 0.0102. The molecule has 2 heterocycles. The van der Waals surface area contributed by atoms with Gasteiger partial charge in [0, 0.05) is 12.1 Å². The van der Waals surface area contributed by atoms with Crippen LogP contribution in [0, 0.1) is 15.9 Å². The molecule has 1 aromatic heterocycles. The Morgan fingerprint density at radius 2 is 1.91 bits per heavy atom. The van der Waals surface area contributed by atoms with Crippen LogP contribution in [0.3, 0.4) is 0 Å². The van der Waals surface area contributed by atoms with E-state index in [2.05, 4.69) is 4.99 Å². The molecule has 0 saturated carbocycles. The molecule has 1 aliphatic heterocycles. The Morgan fingerprint density at radius 1 is 1.23 bits per heavy atom. The van der Waals surface area contributed by atoms with Crippen molar-refractivity contribution in [3.63, 3.8) is 0 Å². The Morgan fingerprint density at radius 3 is 2.54 bits per heavy atom. The van der Waals surface area contributed by atoms with Gasteiger partial charge in [-0.05, 0) is 55.3 Å². The van der Waals surface area contributed by atoms with E-state index in [9.17, 15) is 24.1 Å². The van der Waals surface area contributed by atoms with Crippen LogP contribution in [0.5, 0.6) is 0 Å². The Bertz CT molecular complexity index is 1530. The SMILES string of the molecule is CCOC(=O)C1=C(C)N=c2s/c(=C/C=C/c3ccc([N+](=O)[O-])cc3)c(=O)n2C1c1ccc(F)cc1. The second-order valence-corrected chi connectivity index (χ2v) is 8.59. The van der Waals surface area contributed by atoms with Gasteiger partial charge in [-0.3, -0.25) is 19.5 Å². The predicted molar refractivity (Wildman–Crippen MR) is 130 cm³/mol. The van der Waals surface area contributed by atoms with Crippen LogP contribution in [-0.4, -0.2) is 22.1 Å². The summed E-state index contributed by atoms with van der Waals surface area (Å²) in [5, 5.41) is 10.8. The Hall–Kier alpha value is -4.18. The zero-order valence-corrected chi connectivity index (χ0v) is 19.6. The van der Waals surface area contributed by atoms with E-state index >= 15 is 0 Å². The molecule has 0 bridgehead atoms. The molecule has 0 saturated heterocycles. The summed E-state index contributed by atoms with van der Waals surface area (Å²) in [5.41, 5.74) is 1.56. The van der Waals surface area contributed by atoms with Crippen molar-refractivity contribution in [2.24, 2.45) is 4.99 Å². The molecule has 1 aliphatic rings. The average Bonchev–Trinajstić information content (AvgIpc) is 3.14. The number of benzene rings is 2. The second-order valence-electron chi connectivity index (χ2n) is 7.58. The number of hydrogen-bond donors (Lipinski definition) is 0. The first-order valence-electron chi connectivity index (χ1n) is 10.7. The van der Waals surface area contributed by atoms with Crippen LogP contribution in [0.1, 0.15) is 31.0 Å². The summed E-state index contributed by atoms with van der Waals surface area (Å²) in [6.07, 6.45) is 5.00. The summed E-state index contributed by atoms with van der Waals surface area (Å²) >= 11 is 1.16. The van der Waals surface area contributed by atoms with Crippen LogP contribution >= 0.6 is 11.3 Å². The topological polar surface area (TPSA) is 104 Å². The fourth-order valence-corrected chi connectivity index (χ4v) is 4.72.